The van der Waals surface area contributed by atoms with Crippen LogP contribution in [0.4, 0.5) is 0 Å². The molecule has 5 nitrogen and oxygen atoms in total. The van der Waals surface area contributed by atoms with E-state index < -0.39 is 9.05 Å². The van der Waals surface area contributed by atoms with Gasteiger partial charge in [0.05, 0.1) is 0 Å². The van der Waals surface area contributed by atoms with Crippen LogP contribution in [0.1, 0.15) is 44.9 Å². The highest BCUT2D eigenvalue weighted by molar-refractivity contribution is 8.13. The predicted molar refractivity (Wildman–Crippen MR) is 59.8 cm³/mol. The van der Waals surface area contributed by atoms with Gasteiger partial charge in [0, 0.05) is 16.6 Å². The molecule has 0 aliphatic heterocycles. The molecule has 1 fully saturated rings. The van der Waals surface area contributed by atoms with E-state index in [0.29, 0.717) is 5.82 Å². The van der Waals surface area contributed by atoms with Crippen molar-refractivity contribution in [2.75, 3.05) is 0 Å². The van der Waals surface area contributed by atoms with Crippen molar-refractivity contribution < 1.29 is 8.42 Å². The fourth-order valence-electron chi connectivity index (χ4n) is 2.36. The average Bonchev–Trinajstić information content (AvgIpc) is 2.68. The van der Waals surface area contributed by atoms with Gasteiger partial charge < -0.3 is 0 Å². The molecule has 1 atom stereocenters. The summed E-state index contributed by atoms with van der Waals surface area (Å²) in [5.41, 5.74) is 0.132. The third-order valence-electron chi connectivity index (χ3n) is 3.29. The van der Waals surface area contributed by atoms with Gasteiger partial charge in [0.2, 0.25) is 0 Å². The van der Waals surface area contributed by atoms with E-state index in [0.717, 1.165) is 19.3 Å². The summed E-state index contributed by atoms with van der Waals surface area (Å²) in [6.07, 6.45) is 3.24. The van der Waals surface area contributed by atoms with Crippen LogP contribution >= 0.6 is 10.7 Å². The van der Waals surface area contributed by atoms with E-state index in [1.165, 1.54) is 0 Å². The molecule has 1 aromatic rings. The lowest BCUT2D eigenvalue weighted by atomic mass is 9.81. The van der Waals surface area contributed by atoms with Gasteiger partial charge in [0.15, 0.2) is 0 Å². The molecule has 1 heterocycles. The minimum Gasteiger partial charge on any atom is -0.262 e. The molecule has 1 aliphatic rings. The van der Waals surface area contributed by atoms with Crippen LogP contribution in [-0.2, 0) is 9.05 Å². The zero-order chi connectivity index (χ0) is 12.0. The van der Waals surface area contributed by atoms with E-state index in [9.17, 15) is 8.42 Å². The smallest absolute Gasteiger partial charge is 0.262 e. The molecule has 0 spiro atoms. The summed E-state index contributed by atoms with van der Waals surface area (Å²) in [7, 11) is 1.35. The SMILES string of the molecule is CC1(C)CCCC1c1nc(S(=O)(=O)Cl)n[nH]1. The minimum absolute atomic E-state index is 0.132. The fraction of sp³-hybridized carbons (Fsp3) is 0.778. The summed E-state index contributed by atoms with van der Waals surface area (Å²) in [4.78, 5) is 3.97. The molecule has 1 N–H and O–H groups in total. The number of nitrogens with one attached hydrogen (secondary N) is 1. The van der Waals surface area contributed by atoms with Crippen LogP contribution in [0, 0.1) is 5.41 Å². The van der Waals surface area contributed by atoms with Gasteiger partial charge in [-0.1, -0.05) is 20.3 Å². The first kappa shape index (κ1) is 11.9. The molecule has 0 radical (unpaired) electrons. The third-order valence-corrected chi connectivity index (χ3v) is 4.32. The van der Waals surface area contributed by atoms with Crippen LogP contribution in [0.25, 0.3) is 0 Å². The number of hydrogen-bond donors (Lipinski definition) is 1. The number of aromatic nitrogens is 3. The van der Waals surface area contributed by atoms with Crippen molar-refractivity contribution in [3.8, 4) is 0 Å². The van der Waals surface area contributed by atoms with E-state index in [1.807, 2.05) is 0 Å². The lowest BCUT2D eigenvalue weighted by molar-refractivity contribution is 0.322. The third kappa shape index (κ3) is 2.08. The lowest BCUT2D eigenvalue weighted by Crippen LogP contribution is -2.16. The van der Waals surface area contributed by atoms with Crippen molar-refractivity contribution in [2.24, 2.45) is 5.41 Å². The molecular formula is C9H14ClN3O2S. The Labute approximate surface area is 99.0 Å². The first-order valence-corrected chi connectivity index (χ1v) is 7.48. The van der Waals surface area contributed by atoms with Crippen LogP contribution in [0.3, 0.4) is 0 Å². The number of H-pyrrole nitrogens is 1. The van der Waals surface area contributed by atoms with E-state index in [-0.39, 0.29) is 16.5 Å². The Morgan fingerprint density at radius 1 is 1.50 bits per heavy atom. The van der Waals surface area contributed by atoms with Gasteiger partial charge in [-0.15, -0.1) is 5.10 Å². The zero-order valence-corrected chi connectivity index (χ0v) is 10.8. The fourth-order valence-corrected chi connectivity index (χ4v) is 2.93. The maximum absolute atomic E-state index is 11.0. The molecule has 1 aromatic heterocycles. The molecule has 1 unspecified atom stereocenters. The molecule has 0 saturated heterocycles. The van der Waals surface area contributed by atoms with E-state index in [2.05, 4.69) is 29.0 Å². The van der Waals surface area contributed by atoms with Crippen molar-refractivity contribution in [3.05, 3.63) is 5.82 Å². The van der Waals surface area contributed by atoms with Gasteiger partial charge in [-0.05, 0) is 18.3 Å². The topological polar surface area (TPSA) is 75.7 Å². The van der Waals surface area contributed by atoms with Crippen molar-refractivity contribution >= 4 is 19.7 Å². The van der Waals surface area contributed by atoms with Gasteiger partial charge in [-0.2, -0.15) is 0 Å². The van der Waals surface area contributed by atoms with Crippen LogP contribution in [0.15, 0.2) is 5.16 Å². The molecule has 7 heteroatoms. The normalized spacial score (nSPS) is 24.8. The molecule has 0 aromatic carbocycles. The standard InChI is InChI=1S/C9H14ClN3O2S/c1-9(2)5-3-4-6(9)7-11-8(13-12-7)16(10,14)15/h6H,3-5H2,1-2H3,(H,11,12,13). The Hall–Kier alpha value is -0.620. The molecule has 16 heavy (non-hydrogen) atoms. The van der Waals surface area contributed by atoms with Crippen molar-refractivity contribution in [1.29, 1.82) is 0 Å². The summed E-state index contributed by atoms with van der Waals surface area (Å²) in [6, 6.07) is 0. The van der Waals surface area contributed by atoms with Crippen LogP contribution in [0.2, 0.25) is 0 Å². The zero-order valence-electron chi connectivity index (χ0n) is 9.20. The maximum atomic E-state index is 11.0. The Morgan fingerprint density at radius 2 is 2.19 bits per heavy atom. The van der Waals surface area contributed by atoms with Gasteiger partial charge in [0.25, 0.3) is 14.2 Å². The highest BCUT2D eigenvalue weighted by atomic mass is 35.7. The summed E-state index contributed by atoms with van der Waals surface area (Å²) < 4.78 is 22.1. The summed E-state index contributed by atoms with van der Waals surface area (Å²) >= 11 is 0. The van der Waals surface area contributed by atoms with Gasteiger partial charge in [0.1, 0.15) is 5.82 Å². The lowest BCUT2D eigenvalue weighted by Gasteiger charge is -2.24. The minimum atomic E-state index is -3.83. The molecule has 0 bridgehead atoms. The average molecular weight is 264 g/mol. The first-order valence-electron chi connectivity index (χ1n) is 5.18. The second kappa shape index (κ2) is 3.70. The number of hydrogen-bond acceptors (Lipinski definition) is 4. The number of rotatable bonds is 2. The Bertz CT molecular complexity index is 495. The van der Waals surface area contributed by atoms with E-state index in [1.54, 1.807) is 0 Å². The molecule has 0 amide bonds. The van der Waals surface area contributed by atoms with Gasteiger partial charge in [-0.3, -0.25) is 5.10 Å². The van der Waals surface area contributed by atoms with Crippen LogP contribution < -0.4 is 0 Å². The highest BCUT2D eigenvalue weighted by Gasteiger charge is 2.38. The van der Waals surface area contributed by atoms with E-state index in [4.69, 9.17) is 10.7 Å². The summed E-state index contributed by atoms with van der Waals surface area (Å²) in [5, 5.41) is 6.00. The molecular weight excluding hydrogens is 250 g/mol. The largest absolute Gasteiger partial charge is 0.298 e. The Kier molecular flexibility index (Phi) is 2.74. The number of halogens is 1. The first-order chi connectivity index (χ1) is 7.31. The summed E-state index contributed by atoms with van der Waals surface area (Å²) in [6.45, 7) is 4.31. The quantitative estimate of drug-likeness (QED) is 0.829. The second-order valence-electron chi connectivity index (χ2n) is 4.87. The van der Waals surface area contributed by atoms with Crippen molar-refractivity contribution in [3.63, 3.8) is 0 Å². The van der Waals surface area contributed by atoms with E-state index >= 15 is 0 Å². The highest BCUT2D eigenvalue weighted by Crippen LogP contribution is 2.47. The second-order valence-corrected chi connectivity index (χ2v) is 7.33. The molecule has 90 valence electrons. The Morgan fingerprint density at radius 3 is 2.62 bits per heavy atom. The van der Waals surface area contributed by atoms with Crippen LogP contribution in [-0.4, -0.2) is 23.6 Å². The van der Waals surface area contributed by atoms with Crippen LogP contribution in [0.5, 0.6) is 0 Å². The maximum Gasteiger partial charge on any atom is 0.298 e. The van der Waals surface area contributed by atoms with Gasteiger partial charge in [-0.25, -0.2) is 13.4 Å². The molecule has 1 saturated carbocycles. The van der Waals surface area contributed by atoms with Crippen molar-refractivity contribution in [1.82, 2.24) is 15.2 Å². The summed E-state index contributed by atoms with van der Waals surface area (Å²) in [5.74, 6) is 0.855. The monoisotopic (exact) mass is 263 g/mol. The molecule has 1 aliphatic carbocycles. The van der Waals surface area contributed by atoms with Crippen molar-refractivity contribution in [2.45, 2.75) is 44.2 Å². The number of nitrogens with zero attached hydrogens (tertiary/aromatic N) is 2. The number of aromatic amines is 1. The predicted octanol–water partition coefficient (Wildman–Crippen LogP) is 2.03. The molecule has 2 rings (SSSR count). The van der Waals surface area contributed by atoms with Gasteiger partial charge >= 0.3 is 0 Å². The Balaban J connectivity index is 2.33.